The van der Waals surface area contributed by atoms with Gasteiger partial charge in [-0.15, -0.1) is 0 Å². The number of nitrogens with one attached hydrogen (secondary N) is 2. The summed E-state index contributed by atoms with van der Waals surface area (Å²) in [5.41, 5.74) is 9.35. The fourth-order valence-corrected chi connectivity index (χ4v) is 4.85. The minimum absolute atomic E-state index is 0.139. The summed E-state index contributed by atoms with van der Waals surface area (Å²) in [5, 5.41) is 0. The minimum Gasteiger partial charge on any atom is -0.302 e. The van der Waals surface area contributed by atoms with Gasteiger partial charge in [-0.3, -0.25) is 10.9 Å². The molecule has 3 nitrogen and oxygen atoms in total. The molecule has 0 amide bonds. The SMILES string of the molecule is CC(CN1CCCC(C2NNCC2c2cccc(F)c2)C1)c1ccccc1. The second-order valence-corrected chi connectivity index (χ2v) is 8.19. The lowest BCUT2D eigenvalue weighted by molar-refractivity contribution is 0.140. The summed E-state index contributed by atoms with van der Waals surface area (Å²) in [7, 11) is 0. The van der Waals surface area contributed by atoms with Crippen LogP contribution in [0.5, 0.6) is 0 Å². The zero-order valence-electron chi connectivity index (χ0n) is 16.1. The van der Waals surface area contributed by atoms with Crippen LogP contribution in [-0.2, 0) is 0 Å². The van der Waals surface area contributed by atoms with E-state index in [0.29, 0.717) is 23.8 Å². The van der Waals surface area contributed by atoms with Crippen LogP contribution in [0.1, 0.15) is 42.7 Å². The van der Waals surface area contributed by atoms with Gasteiger partial charge in [0.2, 0.25) is 0 Å². The third-order valence-electron chi connectivity index (χ3n) is 6.25. The molecule has 0 radical (unpaired) electrons. The van der Waals surface area contributed by atoms with Crippen LogP contribution in [0.15, 0.2) is 54.6 Å². The lowest BCUT2D eigenvalue weighted by Crippen LogP contribution is -2.47. The maximum absolute atomic E-state index is 13.7. The van der Waals surface area contributed by atoms with Crippen LogP contribution in [0.3, 0.4) is 0 Å². The van der Waals surface area contributed by atoms with E-state index in [9.17, 15) is 4.39 Å². The zero-order chi connectivity index (χ0) is 18.6. The molecule has 4 unspecified atom stereocenters. The fourth-order valence-electron chi connectivity index (χ4n) is 4.85. The molecule has 0 bridgehead atoms. The maximum atomic E-state index is 13.7. The molecular formula is C23H30FN3. The van der Waals surface area contributed by atoms with Crippen molar-refractivity contribution >= 4 is 0 Å². The van der Waals surface area contributed by atoms with Crippen LogP contribution in [0.2, 0.25) is 0 Å². The Balaban J connectivity index is 1.41. The van der Waals surface area contributed by atoms with Gasteiger partial charge in [0.15, 0.2) is 0 Å². The van der Waals surface area contributed by atoms with Crippen molar-refractivity contribution in [2.24, 2.45) is 5.92 Å². The van der Waals surface area contributed by atoms with Gasteiger partial charge in [-0.05, 0) is 54.5 Å². The summed E-state index contributed by atoms with van der Waals surface area (Å²) in [6.07, 6.45) is 2.47. The van der Waals surface area contributed by atoms with Gasteiger partial charge < -0.3 is 4.90 Å². The molecule has 144 valence electrons. The molecule has 0 aromatic heterocycles. The first kappa shape index (κ1) is 18.6. The third kappa shape index (κ3) is 4.40. The number of benzene rings is 2. The number of likely N-dealkylation sites (tertiary alicyclic amines) is 1. The van der Waals surface area contributed by atoms with Gasteiger partial charge in [0.1, 0.15) is 5.82 Å². The number of hydrazine groups is 1. The van der Waals surface area contributed by atoms with E-state index in [1.807, 2.05) is 6.07 Å². The molecule has 2 aliphatic heterocycles. The second kappa shape index (κ2) is 8.51. The highest BCUT2D eigenvalue weighted by molar-refractivity contribution is 5.24. The molecule has 4 atom stereocenters. The van der Waals surface area contributed by atoms with Crippen molar-refractivity contribution in [3.05, 3.63) is 71.5 Å². The highest BCUT2D eigenvalue weighted by Gasteiger charge is 2.36. The predicted molar refractivity (Wildman–Crippen MR) is 108 cm³/mol. The molecule has 4 heteroatoms. The van der Waals surface area contributed by atoms with Crippen LogP contribution in [0.4, 0.5) is 4.39 Å². The van der Waals surface area contributed by atoms with E-state index in [4.69, 9.17) is 0 Å². The first-order valence-electron chi connectivity index (χ1n) is 10.2. The van der Waals surface area contributed by atoms with E-state index in [2.05, 4.69) is 59.1 Å². The average Bonchev–Trinajstić information content (AvgIpc) is 3.19. The maximum Gasteiger partial charge on any atom is 0.123 e. The monoisotopic (exact) mass is 367 g/mol. The molecule has 2 N–H and O–H groups in total. The summed E-state index contributed by atoms with van der Waals surface area (Å²) >= 11 is 0. The molecule has 0 aliphatic carbocycles. The Bertz CT molecular complexity index is 735. The molecule has 2 heterocycles. The summed E-state index contributed by atoms with van der Waals surface area (Å²) in [6.45, 7) is 6.58. The highest BCUT2D eigenvalue weighted by Crippen LogP contribution is 2.32. The molecule has 2 aliphatic rings. The van der Waals surface area contributed by atoms with Crippen molar-refractivity contribution in [2.75, 3.05) is 26.2 Å². The standard InChI is InChI=1S/C23H30FN3/c1-17(18-7-3-2-4-8-18)15-27-12-6-10-20(16-27)23-22(14-25-26-23)19-9-5-11-21(24)13-19/h2-5,7-9,11,13,17,20,22-23,25-26H,6,10,12,14-16H2,1H3. The van der Waals surface area contributed by atoms with Crippen LogP contribution in [0, 0.1) is 11.7 Å². The van der Waals surface area contributed by atoms with Gasteiger partial charge in [-0.25, -0.2) is 4.39 Å². The number of hydrogen-bond acceptors (Lipinski definition) is 3. The van der Waals surface area contributed by atoms with Crippen molar-refractivity contribution in [1.82, 2.24) is 15.8 Å². The lowest BCUT2D eigenvalue weighted by atomic mass is 9.81. The topological polar surface area (TPSA) is 27.3 Å². The zero-order valence-corrected chi connectivity index (χ0v) is 16.1. The minimum atomic E-state index is -0.139. The Morgan fingerprint density at radius 1 is 1.15 bits per heavy atom. The van der Waals surface area contributed by atoms with Gasteiger partial charge >= 0.3 is 0 Å². The Labute approximate surface area is 161 Å². The smallest absolute Gasteiger partial charge is 0.123 e. The highest BCUT2D eigenvalue weighted by atomic mass is 19.1. The van der Waals surface area contributed by atoms with Gasteiger partial charge in [0.25, 0.3) is 0 Å². The second-order valence-electron chi connectivity index (χ2n) is 8.19. The van der Waals surface area contributed by atoms with Crippen LogP contribution >= 0.6 is 0 Å². The number of nitrogens with zero attached hydrogens (tertiary/aromatic N) is 1. The van der Waals surface area contributed by atoms with Crippen molar-refractivity contribution in [2.45, 2.75) is 37.6 Å². The van der Waals surface area contributed by atoms with E-state index in [1.54, 1.807) is 6.07 Å². The quantitative estimate of drug-likeness (QED) is 0.839. The van der Waals surface area contributed by atoms with Crippen LogP contribution in [-0.4, -0.2) is 37.1 Å². The molecule has 2 aromatic carbocycles. The summed E-state index contributed by atoms with van der Waals surface area (Å²) in [4.78, 5) is 2.62. The molecular weight excluding hydrogens is 337 g/mol. The van der Waals surface area contributed by atoms with Crippen molar-refractivity contribution < 1.29 is 4.39 Å². The largest absolute Gasteiger partial charge is 0.302 e. The lowest BCUT2D eigenvalue weighted by Gasteiger charge is -2.38. The van der Waals surface area contributed by atoms with Crippen molar-refractivity contribution in [3.63, 3.8) is 0 Å². The molecule has 27 heavy (non-hydrogen) atoms. The number of piperidine rings is 1. The van der Waals surface area contributed by atoms with E-state index >= 15 is 0 Å². The summed E-state index contributed by atoms with van der Waals surface area (Å²) in [6, 6.07) is 18.3. The molecule has 2 fully saturated rings. The number of hydrogen-bond donors (Lipinski definition) is 2. The van der Waals surface area contributed by atoms with E-state index in [-0.39, 0.29) is 5.82 Å². The summed E-state index contributed by atoms with van der Waals surface area (Å²) in [5.74, 6) is 1.32. The van der Waals surface area contributed by atoms with Crippen molar-refractivity contribution in [1.29, 1.82) is 0 Å². The number of rotatable bonds is 5. The fraction of sp³-hybridized carbons (Fsp3) is 0.478. The average molecular weight is 368 g/mol. The molecule has 0 saturated carbocycles. The Morgan fingerprint density at radius 2 is 2.00 bits per heavy atom. The molecule has 2 aromatic rings. The molecule has 2 saturated heterocycles. The van der Waals surface area contributed by atoms with E-state index in [0.717, 1.165) is 25.2 Å². The van der Waals surface area contributed by atoms with Crippen LogP contribution < -0.4 is 10.9 Å². The van der Waals surface area contributed by atoms with E-state index < -0.39 is 0 Å². The third-order valence-corrected chi connectivity index (χ3v) is 6.25. The summed E-state index contributed by atoms with van der Waals surface area (Å²) < 4.78 is 13.7. The van der Waals surface area contributed by atoms with E-state index in [1.165, 1.54) is 31.0 Å². The number of halogens is 1. The van der Waals surface area contributed by atoms with Gasteiger partial charge in [-0.2, -0.15) is 0 Å². The Kier molecular flexibility index (Phi) is 5.86. The normalized spacial score (nSPS) is 27.6. The first-order chi connectivity index (χ1) is 13.2. The van der Waals surface area contributed by atoms with Gasteiger partial charge in [-0.1, -0.05) is 49.4 Å². The van der Waals surface area contributed by atoms with Gasteiger partial charge in [0, 0.05) is 31.6 Å². The first-order valence-corrected chi connectivity index (χ1v) is 10.2. The van der Waals surface area contributed by atoms with Crippen molar-refractivity contribution in [3.8, 4) is 0 Å². The predicted octanol–water partition coefficient (Wildman–Crippen LogP) is 3.90. The van der Waals surface area contributed by atoms with Crippen LogP contribution in [0.25, 0.3) is 0 Å². The Morgan fingerprint density at radius 3 is 2.81 bits per heavy atom. The van der Waals surface area contributed by atoms with Gasteiger partial charge in [0.05, 0.1) is 0 Å². The Hall–Kier alpha value is -1.75. The molecule has 4 rings (SSSR count). The molecule has 0 spiro atoms.